The van der Waals surface area contributed by atoms with Crippen molar-refractivity contribution in [3.63, 3.8) is 0 Å². The lowest BCUT2D eigenvalue weighted by molar-refractivity contribution is -0.122. The summed E-state index contributed by atoms with van der Waals surface area (Å²) in [4.78, 5) is 33.2. The van der Waals surface area contributed by atoms with Gasteiger partial charge in [0.05, 0.1) is 17.3 Å². The predicted octanol–water partition coefficient (Wildman–Crippen LogP) is 3.66. The number of carbonyl (C=O) groups is 2. The molecule has 1 aromatic heterocycles. The molecule has 0 unspecified atom stereocenters. The van der Waals surface area contributed by atoms with Gasteiger partial charge in [-0.15, -0.1) is 11.3 Å². The first-order valence-corrected chi connectivity index (χ1v) is 11.3. The minimum atomic E-state index is -0.790. The van der Waals surface area contributed by atoms with Crippen LogP contribution in [-0.4, -0.2) is 41.4 Å². The average molecular weight is 462 g/mol. The second-order valence-corrected chi connectivity index (χ2v) is 8.88. The number of nitrogens with one attached hydrogen (secondary N) is 2. The number of fused-ring (bicyclic) bond motifs is 1. The zero-order chi connectivity index (χ0) is 23.4. The van der Waals surface area contributed by atoms with E-state index in [2.05, 4.69) is 27.6 Å². The molecule has 2 aromatic carbocycles. The number of likely N-dealkylation sites (N-methyl/N-ethyl adjacent to an activating group) is 1. The molecule has 0 bridgehead atoms. The number of hydrogen-bond donors (Lipinski definition) is 2. The van der Waals surface area contributed by atoms with Crippen molar-refractivity contribution in [2.24, 2.45) is 0 Å². The molecule has 1 aliphatic heterocycles. The van der Waals surface area contributed by atoms with Gasteiger partial charge in [0.15, 0.2) is 11.2 Å². The van der Waals surface area contributed by atoms with Gasteiger partial charge < -0.3 is 15.0 Å². The van der Waals surface area contributed by atoms with Gasteiger partial charge in [-0.25, -0.2) is 4.98 Å². The number of benzene rings is 2. The number of amides is 2. The highest BCUT2D eigenvalue weighted by atomic mass is 32.1. The molecule has 2 amide bonds. The van der Waals surface area contributed by atoms with Gasteiger partial charge in [0, 0.05) is 35.6 Å². The summed E-state index contributed by atoms with van der Waals surface area (Å²) in [6.07, 6.45) is 0.0888. The molecule has 0 spiro atoms. The van der Waals surface area contributed by atoms with Crippen molar-refractivity contribution in [3.8, 4) is 11.8 Å². The third-order valence-electron chi connectivity index (χ3n) is 5.20. The lowest BCUT2D eigenvalue weighted by atomic mass is 10.2. The highest BCUT2D eigenvalue weighted by Crippen LogP contribution is 2.28. The molecule has 2 heterocycles. The molecule has 1 atom stereocenters. The molecule has 0 saturated heterocycles. The van der Waals surface area contributed by atoms with Crippen LogP contribution in [0.3, 0.4) is 0 Å². The Morgan fingerprint density at radius 3 is 2.76 bits per heavy atom. The molecule has 8 nitrogen and oxygen atoms in total. The van der Waals surface area contributed by atoms with E-state index in [4.69, 9.17) is 10.00 Å². The first-order valence-electron chi connectivity index (χ1n) is 10.5. The lowest BCUT2D eigenvalue weighted by Gasteiger charge is -2.20. The van der Waals surface area contributed by atoms with Crippen LogP contribution in [0.4, 0.5) is 10.8 Å². The summed E-state index contributed by atoms with van der Waals surface area (Å²) >= 11 is 1.50. The summed E-state index contributed by atoms with van der Waals surface area (Å²) in [5.74, 6) is -0.215. The van der Waals surface area contributed by atoms with Crippen molar-refractivity contribution in [2.45, 2.75) is 26.0 Å². The van der Waals surface area contributed by atoms with Crippen molar-refractivity contribution >= 4 is 34.0 Å². The number of ether oxygens (including phenoxy) is 1. The highest BCUT2D eigenvalue weighted by Gasteiger charge is 2.20. The van der Waals surface area contributed by atoms with Crippen LogP contribution in [0.2, 0.25) is 0 Å². The van der Waals surface area contributed by atoms with Crippen LogP contribution in [0, 0.1) is 11.3 Å². The van der Waals surface area contributed by atoms with Gasteiger partial charge in [0.1, 0.15) is 5.75 Å². The second-order valence-electron chi connectivity index (χ2n) is 7.80. The summed E-state index contributed by atoms with van der Waals surface area (Å²) < 4.78 is 5.75. The van der Waals surface area contributed by atoms with Gasteiger partial charge in [0.25, 0.3) is 11.8 Å². The summed E-state index contributed by atoms with van der Waals surface area (Å²) in [5.41, 5.74) is 2.54. The maximum absolute atomic E-state index is 12.7. The zero-order valence-electron chi connectivity index (χ0n) is 18.3. The average Bonchev–Trinajstić information content (AvgIpc) is 3.21. The number of nitriles is 1. The summed E-state index contributed by atoms with van der Waals surface area (Å²) in [6, 6.07) is 15.3. The first kappa shape index (κ1) is 22.5. The molecule has 0 radical (unpaired) electrons. The molecular weight excluding hydrogens is 438 g/mol. The third kappa shape index (κ3) is 5.55. The second kappa shape index (κ2) is 9.81. The van der Waals surface area contributed by atoms with Crippen LogP contribution in [0.15, 0.2) is 48.5 Å². The number of anilines is 2. The Morgan fingerprint density at radius 2 is 2.00 bits per heavy atom. The van der Waals surface area contributed by atoms with E-state index in [-0.39, 0.29) is 11.8 Å². The number of carbonyl (C=O) groups excluding carboxylic acids is 2. The maximum atomic E-state index is 12.7. The molecule has 2 N–H and O–H groups in total. The quantitative estimate of drug-likeness (QED) is 0.580. The molecule has 0 aliphatic carbocycles. The van der Waals surface area contributed by atoms with Crippen LogP contribution in [0.1, 0.15) is 33.4 Å². The molecule has 0 fully saturated rings. The van der Waals surface area contributed by atoms with E-state index in [1.807, 2.05) is 6.07 Å². The van der Waals surface area contributed by atoms with Gasteiger partial charge in [-0.05, 0) is 56.4 Å². The smallest absolute Gasteiger partial charge is 0.265 e. The van der Waals surface area contributed by atoms with E-state index >= 15 is 0 Å². The number of thiazole rings is 1. The fourth-order valence-corrected chi connectivity index (χ4v) is 4.47. The van der Waals surface area contributed by atoms with Crippen molar-refractivity contribution in [1.82, 2.24) is 9.88 Å². The van der Waals surface area contributed by atoms with Gasteiger partial charge in [0.2, 0.25) is 0 Å². The fraction of sp³-hybridized carbons (Fsp3) is 0.250. The Bertz CT molecular complexity index is 1220. The van der Waals surface area contributed by atoms with E-state index < -0.39 is 6.10 Å². The monoisotopic (exact) mass is 461 g/mol. The van der Waals surface area contributed by atoms with E-state index in [0.717, 1.165) is 25.2 Å². The Labute approximate surface area is 195 Å². The topological polar surface area (TPSA) is 107 Å². The predicted molar refractivity (Wildman–Crippen MR) is 126 cm³/mol. The highest BCUT2D eigenvalue weighted by molar-refractivity contribution is 7.15. The third-order valence-corrected chi connectivity index (χ3v) is 6.20. The molecule has 33 heavy (non-hydrogen) atoms. The Hall–Kier alpha value is -3.74. The fourth-order valence-electron chi connectivity index (χ4n) is 3.39. The molecular formula is C24H23N5O3S. The molecule has 1 aliphatic rings. The summed E-state index contributed by atoms with van der Waals surface area (Å²) in [7, 11) is 2.07. The van der Waals surface area contributed by atoms with Crippen molar-refractivity contribution in [3.05, 3.63) is 70.2 Å². The molecule has 168 valence electrons. The molecule has 3 aromatic rings. The molecule has 4 rings (SSSR count). The number of hydrogen-bond acceptors (Lipinski definition) is 7. The van der Waals surface area contributed by atoms with Gasteiger partial charge in [-0.2, -0.15) is 5.26 Å². The summed E-state index contributed by atoms with van der Waals surface area (Å²) in [5, 5.41) is 15.1. The van der Waals surface area contributed by atoms with E-state index in [1.54, 1.807) is 55.5 Å². The van der Waals surface area contributed by atoms with E-state index in [1.165, 1.54) is 16.2 Å². The Morgan fingerprint density at radius 1 is 1.21 bits per heavy atom. The largest absolute Gasteiger partial charge is 0.481 e. The van der Waals surface area contributed by atoms with E-state index in [0.29, 0.717) is 27.7 Å². The van der Waals surface area contributed by atoms with Gasteiger partial charge >= 0.3 is 0 Å². The van der Waals surface area contributed by atoms with Crippen LogP contribution in [0.25, 0.3) is 0 Å². The minimum absolute atomic E-state index is 0.283. The Balaban J connectivity index is 1.37. The minimum Gasteiger partial charge on any atom is -0.481 e. The normalized spacial score (nSPS) is 14.0. The van der Waals surface area contributed by atoms with Crippen LogP contribution in [0.5, 0.6) is 5.75 Å². The van der Waals surface area contributed by atoms with Crippen molar-refractivity contribution < 1.29 is 14.3 Å². The number of nitrogens with zero attached hydrogens (tertiary/aromatic N) is 3. The van der Waals surface area contributed by atoms with Crippen molar-refractivity contribution in [1.29, 1.82) is 5.26 Å². The van der Waals surface area contributed by atoms with E-state index in [9.17, 15) is 9.59 Å². The lowest BCUT2D eigenvalue weighted by Crippen LogP contribution is -2.30. The van der Waals surface area contributed by atoms with Gasteiger partial charge in [-0.1, -0.05) is 6.07 Å². The van der Waals surface area contributed by atoms with Crippen LogP contribution < -0.4 is 15.4 Å². The first-order chi connectivity index (χ1) is 15.9. The van der Waals surface area contributed by atoms with Crippen molar-refractivity contribution in [2.75, 3.05) is 24.2 Å². The number of aromatic nitrogens is 1. The standard InChI is InChI=1S/C24H23N5O3S/c1-15(22(30)26-18-8-6-16(13-25)7-9-18)32-19-5-3-4-17(12-19)23(31)28-24-27-20-10-11-29(2)14-21(20)33-24/h3-9,12,15H,10-11,14H2,1-2H3,(H,26,30)(H,27,28,31)/t15-/m1/s1. The number of rotatable bonds is 6. The van der Waals surface area contributed by atoms with Crippen LogP contribution >= 0.6 is 11.3 Å². The maximum Gasteiger partial charge on any atom is 0.265 e. The summed E-state index contributed by atoms with van der Waals surface area (Å²) in [6.45, 7) is 3.43. The van der Waals surface area contributed by atoms with Crippen LogP contribution in [-0.2, 0) is 17.8 Å². The molecule has 0 saturated carbocycles. The molecule has 9 heteroatoms. The Kier molecular flexibility index (Phi) is 6.68. The zero-order valence-corrected chi connectivity index (χ0v) is 19.1. The van der Waals surface area contributed by atoms with Gasteiger partial charge in [-0.3, -0.25) is 14.9 Å². The SMILES string of the molecule is C[C@@H](Oc1cccc(C(=O)Nc2nc3c(s2)CN(C)CC3)c1)C(=O)Nc1ccc(C#N)cc1.